The molecule has 4 nitrogen and oxygen atoms in total. The fourth-order valence-electron chi connectivity index (χ4n) is 1.96. The second-order valence-corrected chi connectivity index (χ2v) is 5.30. The number of benzene rings is 1. The Hall–Kier alpha value is -0.520. The topological polar surface area (TPSA) is 53.7 Å². The molecule has 3 unspecified atom stereocenters. The van der Waals surface area contributed by atoms with E-state index in [1.54, 1.807) is 25.3 Å². The zero-order chi connectivity index (χ0) is 13.8. The van der Waals surface area contributed by atoms with Crippen LogP contribution in [0, 0.1) is 0 Å². The molecule has 2 N–H and O–H groups in total. The van der Waals surface area contributed by atoms with E-state index < -0.39 is 0 Å². The zero-order valence-corrected chi connectivity index (χ0v) is 12.2. The Morgan fingerprint density at radius 2 is 2.11 bits per heavy atom. The Labute approximate surface area is 122 Å². The standard InChI is InChI=1S/C13H17Cl2NO3/c1-17-4-5-18-13-10(16)7-12(13)19-11-6-8(14)2-3-9(11)15/h2-3,6,10,12-13H,4-5,7,16H2,1H3. The Morgan fingerprint density at radius 3 is 2.79 bits per heavy atom. The molecule has 3 atom stereocenters. The Kier molecular flexibility index (Phi) is 5.30. The van der Waals surface area contributed by atoms with E-state index in [0.29, 0.717) is 29.0 Å². The number of nitrogens with two attached hydrogens (primary N) is 1. The van der Waals surface area contributed by atoms with Gasteiger partial charge in [0, 0.05) is 30.7 Å². The maximum absolute atomic E-state index is 6.06. The Morgan fingerprint density at radius 1 is 1.32 bits per heavy atom. The summed E-state index contributed by atoms with van der Waals surface area (Å²) in [5.41, 5.74) is 5.91. The van der Waals surface area contributed by atoms with Crippen LogP contribution in [0.5, 0.6) is 5.75 Å². The number of hydrogen-bond donors (Lipinski definition) is 1. The lowest BCUT2D eigenvalue weighted by Gasteiger charge is -2.41. The van der Waals surface area contributed by atoms with Crippen molar-refractivity contribution in [3.8, 4) is 5.75 Å². The lowest BCUT2D eigenvalue weighted by molar-refractivity contribution is -0.107. The fraction of sp³-hybridized carbons (Fsp3) is 0.538. The van der Waals surface area contributed by atoms with E-state index in [4.69, 9.17) is 43.1 Å². The van der Waals surface area contributed by atoms with Crippen LogP contribution >= 0.6 is 23.2 Å². The van der Waals surface area contributed by atoms with Gasteiger partial charge in [0.1, 0.15) is 18.0 Å². The quantitative estimate of drug-likeness (QED) is 0.821. The summed E-state index contributed by atoms with van der Waals surface area (Å²) in [5, 5.41) is 1.11. The first kappa shape index (κ1) is 14.9. The van der Waals surface area contributed by atoms with E-state index in [2.05, 4.69) is 0 Å². The average molecular weight is 306 g/mol. The first-order valence-electron chi connectivity index (χ1n) is 6.09. The molecule has 0 aliphatic heterocycles. The highest BCUT2D eigenvalue weighted by atomic mass is 35.5. The fourth-order valence-corrected chi connectivity index (χ4v) is 2.28. The molecule has 1 fully saturated rings. The van der Waals surface area contributed by atoms with E-state index in [1.165, 1.54) is 0 Å². The van der Waals surface area contributed by atoms with Gasteiger partial charge >= 0.3 is 0 Å². The molecule has 0 amide bonds. The van der Waals surface area contributed by atoms with Gasteiger partial charge in [0.15, 0.2) is 0 Å². The van der Waals surface area contributed by atoms with E-state index in [-0.39, 0.29) is 18.2 Å². The van der Waals surface area contributed by atoms with Crippen molar-refractivity contribution in [2.75, 3.05) is 20.3 Å². The normalized spacial score (nSPS) is 26.0. The van der Waals surface area contributed by atoms with Crippen LogP contribution in [-0.2, 0) is 9.47 Å². The van der Waals surface area contributed by atoms with Gasteiger partial charge in [-0.3, -0.25) is 0 Å². The second kappa shape index (κ2) is 6.77. The summed E-state index contributed by atoms with van der Waals surface area (Å²) < 4.78 is 16.4. The molecule has 2 rings (SSSR count). The molecule has 19 heavy (non-hydrogen) atoms. The lowest BCUT2D eigenvalue weighted by Crippen LogP contribution is -2.59. The van der Waals surface area contributed by atoms with Gasteiger partial charge in [0.2, 0.25) is 0 Å². The molecule has 0 spiro atoms. The van der Waals surface area contributed by atoms with Gasteiger partial charge in [-0.15, -0.1) is 0 Å². The van der Waals surface area contributed by atoms with Gasteiger partial charge in [-0.05, 0) is 12.1 Å². The van der Waals surface area contributed by atoms with Crippen molar-refractivity contribution in [1.29, 1.82) is 0 Å². The maximum Gasteiger partial charge on any atom is 0.139 e. The molecular weight excluding hydrogens is 289 g/mol. The summed E-state index contributed by atoms with van der Waals surface area (Å²) in [6.07, 6.45) is 0.508. The summed E-state index contributed by atoms with van der Waals surface area (Å²) in [6.45, 7) is 1.03. The highest BCUT2D eigenvalue weighted by molar-refractivity contribution is 6.34. The van der Waals surface area contributed by atoms with Gasteiger partial charge in [-0.1, -0.05) is 23.2 Å². The van der Waals surface area contributed by atoms with Crippen LogP contribution in [0.3, 0.4) is 0 Å². The SMILES string of the molecule is COCCOC1C(N)CC1Oc1cc(Cl)ccc1Cl. The third-order valence-electron chi connectivity index (χ3n) is 3.06. The molecule has 0 radical (unpaired) electrons. The van der Waals surface area contributed by atoms with Crippen LogP contribution in [-0.4, -0.2) is 38.6 Å². The number of methoxy groups -OCH3 is 1. The van der Waals surface area contributed by atoms with Crippen LogP contribution in [0.4, 0.5) is 0 Å². The highest BCUT2D eigenvalue weighted by Crippen LogP contribution is 2.33. The van der Waals surface area contributed by atoms with Crippen LogP contribution in [0.1, 0.15) is 6.42 Å². The van der Waals surface area contributed by atoms with Gasteiger partial charge in [0.05, 0.1) is 18.2 Å². The maximum atomic E-state index is 6.06. The molecule has 1 aliphatic rings. The predicted octanol–water partition coefficient (Wildman–Crippen LogP) is 2.50. The first-order chi connectivity index (χ1) is 9.11. The minimum absolute atomic E-state index is 0.0141. The van der Waals surface area contributed by atoms with Crippen molar-refractivity contribution < 1.29 is 14.2 Å². The van der Waals surface area contributed by atoms with Gasteiger partial charge in [-0.25, -0.2) is 0 Å². The van der Waals surface area contributed by atoms with Crippen LogP contribution in [0.2, 0.25) is 10.0 Å². The summed E-state index contributed by atoms with van der Waals surface area (Å²) in [6, 6.07) is 5.11. The summed E-state index contributed by atoms with van der Waals surface area (Å²) >= 11 is 12.0. The first-order valence-corrected chi connectivity index (χ1v) is 6.85. The number of ether oxygens (including phenoxy) is 3. The molecular formula is C13H17Cl2NO3. The Balaban J connectivity index is 1.93. The van der Waals surface area contributed by atoms with Crippen molar-refractivity contribution in [1.82, 2.24) is 0 Å². The van der Waals surface area contributed by atoms with E-state index in [0.717, 1.165) is 6.42 Å². The third-order valence-corrected chi connectivity index (χ3v) is 3.61. The minimum Gasteiger partial charge on any atom is -0.486 e. The Bertz CT molecular complexity index is 430. The highest BCUT2D eigenvalue weighted by Gasteiger charge is 2.41. The molecule has 0 heterocycles. The molecule has 106 valence electrons. The average Bonchev–Trinajstić information content (AvgIpc) is 2.38. The van der Waals surface area contributed by atoms with Gasteiger partial charge in [0.25, 0.3) is 0 Å². The monoisotopic (exact) mass is 305 g/mol. The molecule has 0 saturated heterocycles. The summed E-state index contributed by atoms with van der Waals surface area (Å²) in [4.78, 5) is 0. The minimum atomic E-state index is -0.134. The number of halogens is 2. The van der Waals surface area contributed by atoms with Crippen molar-refractivity contribution in [3.63, 3.8) is 0 Å². The van der Waals surface area contributed by atoms with Crippen LogP contribution < -0.4 is 10.5 Å². The largest absolute Gasteiger partial charge is 0.486 e. The number of hydrogen-bond acceptors (Lipinski definition) is 4. The molecule has 0 bridgehead atoms. The van der Waals surface area contributed by atoms with Gasteiger partial charge < -0.3 is 19.9 Å². The van der Waals surface area contributed by atoms with E-state index in [1.807, 2.05) is 0 Å². The van der Waals surface area contributed by atoms with Gasteiger partial charge in [-0.2, -0.15) is 0 Å². The van der Waals surface area contributed by atoms with Crippen LogP contribution in [0.15, 0.2) is 18.2 Å². The summed E-state index contributed by atoms with van der Waals surface area (Å²) in [5.74, 6) is 0.561. The number of rotatable bonds is 6. The van der Waals surface area contributed by atoms with E-state index >= 15 is 0 Å². The van der Waals surface area contributed by atoms with Crippen molar-refractivity contribution in [2.45, 2.75) is 24.7 Å². The van der Waals surface area contributed by atoms with Crippen molar-refractivity contribution in [2.24, 2.45) is 5.73 Å². The molecule has 1 aliphatic carbocycles. The van der Waals surface area contributed by atoms with E-state index in [9.17, 15) is 0 Å². The molecule has 0 aromatic heterocycles. The van der Waals surface area contributed by atoms with Crippen molar-refractivity contribution in [3.05, 3.63) is 28.2 Å². The van der Waals surface area contributed by atoms with Crippen LogP contribution in [0.25, 0.3) is 0 Å². The zero-order valence-electron chi connectivity index (χ0n) is 10.6. The lowest BCUT2D eigenvalue weighted by atomic mass is 9.86. The molecule has 1 aromatic carbocycles. The predicted molar refractivity (Wildman–Crippen MR) is 75.1 cm³/mol. The third kappa shape index (κ3) is 3.74. The summed E-state index contributed by atoms with van der Waals surface area (Å²) in [7, 11) is 1.63. The van der Waals surface area contributed by atoms with Crippen molar-refractivity contribution >= 4 is 23.2 Å². The molecule has 1 aromatic rings. The second-order valence-electron chi connectivity index (χ2n) is 4.46. The smallest absolute Gasteiger partial charge is 0.139 e. The molecule has 6 heteroatoms. The molecule has 1 saturated carbocycles.